The summed E-state index contributed by atoms with van der Waals surface area (Å²) >= 11 is 1.70. The minimum Gasteiger partial charge on any atom is -0.353 e. The lowest BCUT2D eigenvalue weighted by molar-refractivity contribution is 0.865. The van der Waals surface area contributed by atoms with Crippen LogP contribution >= 0.6 is 11.3 Å². The summed E-state index contributed by atoms with van der Waals surface area (Å²) in [4.78, 5) is 13.7. The maximum absolute atomic E-state index is 4.62. The van der Waals surface area contributed by atoms with Crippen molar-refractivity contribution in [1.82, 2.24) is 29.7 Å². The molecule has 0 atom stereocenters. The molecule has 5 heterocycles. The molecular weight excluding hydrogens is 392 g/mol. The second-order valence-corrected chi connectivity index (χ2v) is 8.31. The van der Waals surface area contributed by atoms with Gasteiger partial charge in [0.15, 0.2) is 0 Å². The SMILES string of the molecule is Cc1ncc(-c2ccc3[nH]nc(-c4cc5c(-c6cccs6)nccc5[nH]4)c3c2)n1C. The van der Waals surface area contributed by atoms with E-state index in [2.05, 4.69) is 71.5 Å². The zero-order valence-corrected chi connectivity index (χ0v) is 17.3. The molecule has 6 nitrogen and oxygen atoms in total. The lowest BCUT2D eigenvalue weighted by Gasteiger charge is -2.04. The molecular formula is C23H18N6S. The highest BCUT2D eigenvalue weighted by molar-refractivity contribution is 7.13. The third-order valence-corrected chi connectivity index (χ3v) is 6.51. The summed E-state index contributed by atoms with van der Waals surface area (Å²) in [6.45, 7) is 2.01. The molecule has 5 aromatic heterocycles. The van der Waals surface area contributed by atoms with Gasteiger partial charge in [-0.25, -0.2) is 4.98 Å². The number of nitrogens with one attached hydrogen (secondary N) is 2. The Morgan fingerprint density at radius 2 is 1.87 bits per heavy atom. The maximum Gasteiger partial charge on any atom is 0.116 e. The highest BCUT2D eigenvalue weighted by Crippen LogP contribution is 2.35. The number of aromatic nitrogens is 6. The van der Waals surface area contributed by atoms with Gasteiger partial charge in [-0.1, -0.05) is 12.1 Å². The number of aromatic amines is 2. The average molecular weight is 411 g/mol. The molecule has 0 aliphatic rings. The van der Waals surface area contributed by atoms with Crippen molar-refractivity contribution in [2.45, 2.75) is 6.92 Å². The van der Waals surface area contributed by atoms with Crippen molar-refractivity contribution in [2.24, 2.45) is 7.05 Å². The molecule has 0 fully saturated rings. The van der Waals surface area contributed by atoms with E-state index in [0.29, 0.717) is 0 Å². The molecule has 0 aliphatic carbocycles. The second kappa shape index (κ2) is 6.40. The number of nitrogens with zero attached hydrogens (tertiary/aromatic N) is 4. The summed E-state index contributed by atoms with van der Waals surface area (Å²) in [5, 5.41) is 12.0. The van der Waals surface area contributed by atoms with E-state index in [9.17, 15) is 0 Å². The van der Waals surface area contributed by atoms with Crippen LogP contribution in [0.3, 0.4) is 0 Å². The monoisotopic (exact) mass is 410 g/mol. The van der Waals surface area contributed by atoms with E-state index >= 15 is 0 Å². The minimum absolute atomic E-state index is 0.902. The molecule has 2 N–H and O–H groups in total. The fourth-order valence-electron chi connectivity index (χ4n) is 3.94. The molecule has 0 aliphatic heterocycles. The standard InChI is InChI=1S/C23H18N6S/c1-13-25-12-20(29(13)2)14-5-6-18-15(10-14)22(28-27-18)19-11-16-17(26-19)7-8-24-23(16)21-4-3-9-30-21/h3-12,26H,1-2H3,(H,27,28). The van der Waals surface area contributed by atoms with E-state index in [1.54, 1.807) is 11.3 Å². The summed E-state index contributed by atoms with van der Waals surface area (Å²) in [5.41, 5.74) is 7.13. The first kappa shape index (κ1) is 17.2. The Hall–Kier alpha value is -3.71. The third-order valence-electron chi connectivity index (χ3n) is 5.64. The fraction of sp³-hybridized carbons (Fsp3) is 0.0870. The Labute approximate surface area is 176 Å². The topological polar surface area (TPSA) is 75.2 Å². The van der Waals surface area contributed by atoms with Crippen LogP contribution in [0.2, 0.25) is 0 Å². The van der Waals surface area contributed by atoms with Crippen LogP contribution in [-0.2, 0) is 7.05 Å². The van der Waals surface area contributed by atoms with Crippen molar-refractivity contribution in [2.75, 3.05) is 0 Å². The van der Waals surface area contributed by atoms with Crippen molar-refractivity contribution in [3.05, 3.63) is 66.1 Å². The van der Waals surface area contributed by atoms with Gasteiger partial charge in [-0.2, -0.15) is 5.10 Å². The number of fused-ring (bicyclic) bond motifs is 2. The number of aryl methyl sites for hydroxylation is 1. The van der Waals surface area contributed by atoms with Crippen molar-refractivity contribution < 1.29 is 0 Å². The van der Waals surface area contributed by atoms with Gasteiger partial charge in [0.05, 0.1) is 33.7 Å². The molecule has 7 heteroatoms. The van der Waals surface area contributed by atoms with Crippen molar-refractivity contribution in [3.63, 3.8) is 0 Å². The summed E-state index contributed by atoms with van der Waals surface area (Å²) in [5.74, 6) is 0.988. The van der Waals surface area contributed by atoms with Gasteiger partial charge >= 0.3 is 0 Å². The zero-order valence-electron chi connectivity index (χ0n) is 16.5. The Morgan fingerprint density at radius 3 is 2.67 bits per heavy atom. The van der Waals surface area contributed by atoms with Gasteiger partial charge in [0.2, 0.25) is 0 Å². The van der Waals surface area contributed by atoms with E-state index in [-0.39, 0.29) is 0 Å². The molecule has 6 aromatic rings. The van der Waals surface area contributed by atoms with Gasteiger partial charge < -0.3 is 9.55 Å². The highest BCUT2D eigenvalue weighted by Gasteiger charge is 2.16. The van der Waals surface area contributed by atoms with Gasteiger partial charge in [-0.3, -0.25) is 10.1 Å². The molecule has 6 rings (SSSR count). The lowest BCUT2D eigenvalue weighted by atomic mass is 10.1. The fourth-order valence-corrected chi connectivity index (χ4v) is 4.68. The summed E-state index contributed by atoms with van der Waals surface area (Å²) in [7, 11) is 2.04. The Balaban J connectivity index is 1.53. The van der Waals surface area contributed by atoms with Crippen LogP contribution in [-0.4, -0.2) is 29.7 Å². The predicted molar refractivity (Wildman–Crippen MR) is 121 cm³/mol. The summed E-state index contributed by atoms with van der Waals surface area (Å²) in [6, 6.07) is 14.7. The maximum atomic E-state index is 4.62. The Morgan fingerprint density at radius 1 is 0.967 bits per heavy atom. The zero-order chi connectivity index (χ0) is 20.2. The molecule has 30 heavy (non-hydrogen) atoms. The van der Waals surface area contributed by atoms with Crippen LogP contribution in [0.15, 0.2) is 60.2 Å². The van der Waals surface area contributed by atoms with Crippen molar-refractivity contribution >= 4 is 33.1 Å². The van der Waals surface area contributed by atoms with Crippen molar-refractivity contribution in [3.8, 4) is 33.2 Å². The number of benzene rings is 1. The molecule has 0 unspecified atom stereocenters. The van der Waals surface area contributed by atoms with Gasteiger partial charge in [0.25, 0.3) is 0 Å². The number of hydrogen-bond donors (Lipinski definition) is 2. The molecule has 0 amide bonds. The number of H-pyrrole nitrogens is 2. The molecule has 0 bridgehead atoms. The van der Waals surface area contributed by atoms with E-state index in [4.69, 9.17) is 0 Å². The van der Waals surface area contributed by atoms with Crippen LogP contribution in [0.5, 0.6) is 0 Å². The number of imidazole rings is 1. The van der Waals surface area contributed by atoms with Crippen LogP contribution in [0, 0.1) is 6.92 Å². The number of rotatable bonds is 3. The van der Waals surface area contributed by atoms with Gasteiger partial charge in [-0.05, 0) is 42.6 Å². The summed E-state index contributed by atoms with van der Waals surface area (Å²) in [6.07, 6.45) is 3.77. The molecule has 0 spiro atoms. The second-order valence-electron chi connectivity index (χ2n) is 7.36. The number of hydrogen-bond acceptors (Lipinski definition) is 4. The normalized spacial score (nSPS) is 11.7. The van der Waals surface area contributed by atoms with Crippen LogP contribution in [0.4, 0.5) is 0 Å². The van der Waals surface area contributed by atoms with E-state index in [0.717, 1.165) is 60.8 Å². The van der Waals surface area contributed by atoms with Crippen LogP contribution in [0.1, 0.15) is 5.82 Å². The predicted octanol–water partition coefficient (Wildman–Crippen LogP) is 5.54. The number of pyridine rings is 1. The number of thiophene rings is 1. The third kappa shape index (κ3) is 2.52. The van der Waals surface area contributed by atoms with E-state index in [1.165, 1.54) is 0 Å². The average Bonchev–Trinajstić information content (AvgIpc) is 3.54. The molecule has 0 radical (unpaired) electrons. The lowest BCUT2D eigenvalue weighted by Crippen LogP contribution is -1.94. The minimum atomic E-state index is 0.902. The summed E-state index contributed by atoms with van der Waals surface area (Å²) < 4.78 is 2.10. The molecule has 0 saturated heterocycles. The van der Waals surface area contributed by atoms with Gasteiger partial charge in [-0.15, -0.1) is 11.3 Å². The van der Waals surface area contributed by atoms with Gasteiger partial charge in [0.1, 0.15) is 11.5 Å². The van der Waals surface area contributed by atoms with E-state index in [1.807, 2.05) is 32.4 Å². The first-order chi connectivity index (χ1) is 14.7. The van der Waals surface area contributed by atoms with Crippen LogP contribution < -0.4 is 0 Å². The largest absolute Gasteiger partial charge is 0.353 e. The smallest absolute Gasteiger partial charge is 0.116 e. The molecule has 1 aromatic carbocycles. The van der Waals surface area contributed by atoms with Crippen molar-refractivity contribution in [1.29, 1.82) is 0 Å². The first-order valence-electron chi connectivity index (χ1n) is 9.68. The van der Waals surface area contributed by atoms with Crippen LogP contribution in [0.25, 0.3) is 55.0 Å². The quantitative estimate of drug-likeness (QED) is 0.402. The molecule has 146 valence electrons. The molecule has 0 saturated carbocycles. The highest BCUT2D eigenvalue weighted by atomic mass is 32.1. The van der Waals surface area contributed by atoms with E-state index < -0.39 is 0 Å². The first-order valence-corrected chi connectivity index (χ1v) is 10.6. The Bertz CT molecular complexity index is 1520. The Kier molecular flexibility index (Phi) is 3.66. The van der Waals surface area contributed by atoms with Gasteiger partial charge in [0, 0.05) is 35.1 Å².